The highest BCUT2D eigenvalue weighted by atomic mass is 79.9. The monoisotopic (exact) mass is 528 g/mol. The summed E-state index contributed by atoms with van der Waals surface area (Å²) in [5.41, 5.74) is 1.90. The molecule has 172 valence electrons. The lowest BCUT2D eigenvalue weighted by atomic mass is 9.93. The quantitative estimate of drug-likeness (QED) is 0.568. The molecule has 2 amide bonds. The number of nitrogens with zero attached hydrogens (tertiary/aromatic N) is 1. The van der Waals surface area contributed by atoms with E-state index in [0.717, 1.165) is 47.0 Å². The molecule has 3 aliphatic rings. The molecule has 2 unspecified atom stereocenters. The fourth-order valence-electron chi connectivity index (χ4n) is 4.57. The topological polar surface area (TPSA) is 67.9 Å². The van der Waals surface area contributed by atoms with E-state index in [1.54, 1.807) is 16.7 Å². The maximum absolute atomic E-state index is 13.4. The van der Waals surface area contributed by atoms with Crippen molar-refractivity contribution in [3.05, 3.63) is 63.0 Å². The third kappa shape index (κ3) is 5.06. The molecule has 0 bridgehead atoms. The Morgan fingerprint density at radius 2 is 2.00 bits per heavy atom. The van der Waals surface area contributed by atoms with Crippen molar-refractivity contribution in [1.82, 2.24) is 10.2 Å². The van der Waals surface area contributed by atoms with Gasteiger partial charge in [0.25, 0.3) is 5.91 Å². The van der Waals surface area contributed by atoms with Gasteiger partial charge in [-0.1, -0.05) is 47.0 Å². The van der Waals surface area contributed by atoms with E-state index < -0.39 is 0 Å². The number of hydrogen-bond acceptors (Lipinski definition) is 5. The first-order chi connectivity index (χ1) is 16.1. The average molecular weight is 529 g/mol. The molecule has 1 saturated carbocycles. The molecule has 2 fully saturated rings. The predicted octanol–water partition coefficient (Wildman–Crippen LogP) is 4.72. The highest BCUT2D eigenvalue weighted by Gasteiger charge is 2.41. The molecule has 33 heavy (non-hydrogen) atoms. The summed E-state index contributed by atoms with van der Waals surface area (Å²) in [6.45, 7) is 0.667. The first kappa shape index (κ1) is 22.3. The number of ether oxygens (including phenoxy) is 2. The van der Waals surface area contributed by atoms with Crippen LogP contribution in [0.2, 0.25) is 0 Å². The molecule has 1 saturated heterocycles. The van der Waals surface area contributed by atoms with Crippen molar-refractivity contribution in [2.45, 2.75) is 43.5 Å². The summed E-state index contributed by atoms with van der Waals surface area (Å²) >= 11 is 5.17. The van der Waals surface area contributed by atoms with E-state index in [1.165, 1.54) is 0 Å². The number of nitrogens with one attached hydrogen (secondary N) is 1. The largest absolute Gasteiger partial charge is 0.454 e. The highest BCUT2D eigenvalue weighted by molar-refractivity contribution is 9.10. The smallest absolute Gasteiger partial charge is 0.261 e. The number of carbonyl (C=O) groups is 2. The van der Waals surface area contributed by atoms with Crippen LogP contribution in [0.5, 0.6) is 11.5 Å². The second kappa shape index (κ2) is 9.81. The van der Waals surface area contributed by atoms with Crippen LogP contribution in [0.25, 0.3) is 6.08 Å². The number of hydrogen-bond donors (Lipinski definition) is 1. The molecule has 2 atom stereocenters. The van der Waals surface area contributed by atoms with Crippen molar-refractivity contribution in [3.8, 4) is 11.5 Å². The fraction of sp³-hybridized carbons (Fsp3) is 0.360. The zero-order valence-electron chi connectivity index (χ0n) is 18.1. The van der Waals surface area contributed by atoms with E-state index in [-0.39, 0.29) is 31.2 Å². The van der Waals surface area contributed by atoms with Crippen molar-refractivity contribution >= 4 is 45.6 Å². The summed E-state index contributed by atoms with van der Waals surface area (Å²) in [5, 5.41) is 3.29. The van der Waals surface area contributed by atoms with E-state index >= 15 is 0 Å². The Morgan fingerprint density at radius 1 is 1.15 bits per heavy atom. The fourth-order valence-corrected chi connectivity index (χ4v) is 6.46. The van der Waals surface area contributed by atoms with Crippen LogP contribution in [0.3, 0.4) is 0 Å². The number of rotatable bonds is 5. The van der Waals surface area contributed by atoms with Gasteiger partial charge in [0.2, 0.25) is 12.7 Å². The Labute approximate surface area is 205 Å². The minimum Gasteiger partial charge on any atom is -0.454 e. The molecule has 0 aromatic heterocycles. The Bertz CT molecular complexity index is 1110. The minimum atomic E-state index is -0.154. The molecular weight excluding hydrogens is 504 g/mol. The molecule has 2 aliphatic heterocycles. The Balaban J connectivity index is 1.29. The van der Waals surface area contributed by atoms with Crippen LogP contribution in [-0.2, 0) is 16.1 Å². The molecule has 1 N–H and O–H groups in total. The van der Waals surface area contributed by atoms with Gasteiger partial charge >= 0.3 is 0 Å². The first-order valence-corrected chi connectivity index (χ1v) is 12.8. The lowest BCUT2D eigenvalue weighted by Crippen LogP contribution is -2.54. The van der Waals surface area contributed by atoms with Crippen molar-refractivity contribution in [2.75, 3.05) is 13.3 Å². The van der Waals surface area contributed by atoms with E-state index in [0.29, 0.717) is 22.4 Å². The number of carbonyl (C=O) groups excluding carboxylic acids is 2. The van der Waals surface area contributed by atoms with Gasteiger partial charge in [-0.3, -0.25) is 9.59 Å². The zero-order valence-corrected chi connectivity index (χ0v) is 20.5. The Kier molecular flexibility index (Phi) is 6.64. The van der Waals surface area contributed by atoms with Crippen molar-refractivity contribution < 1.29 is 19.1 Å². The molecular formula is C25H25BrN2O4S. The van der Waals surface area contributed by atoms with E-state index in [2.05, 4.69) is 21.2 Å². The van der Waals surface area contributed by atoms with Gasteiger partial charge in [-0.2, -0.15) is 0 Å². The van der Waals surface area contributed by atoms with Gasteiger partial charge in [0.05, 0.1) is 4.91 Å². The standard InChI is InChI=1S/C25H25BrN2O4S/c26-18-5-3-4-16(10-18)12-23-25(30)28(19-6-1-2-7-22(19)33-23)14-24(29)27-13-17-8-9-20-21(11-17)32-15-31-20/h3-5,8-12,19,22H,1-2,6-7,13-15H2,(H,27,29)/b23-12+. The van der Waals surface area contributed by atoms with Gasteiger partial charge in [-0.25, -0.2) is 0 Å². The maximum Gasteiger partial charge on any atom is 0.261 e. The van der Waals surface area contributed by atoms with Crippen LogP contribution in [0.15, 0.2) is 51.8 Å². The second-order valence-electron chi connectivity index (χ2n) is 8.47. The molecule has 8 heteroatoms. The van der Waals surface area contributed by atoms with Crippen molar-refractivity contribution in [1.29, 1.82) is 0 Å². The third-order valence-electron chi connectivity index (χ3n) is 6.21. The first-order valence-electron chi connectivity index (χ1n) is 11.2. The Morgan fingerprint density at radius 3 is 2.88 bits per heavy atom. The highest BCUT2D eigenvalue weighted by Crippen LogP contribution is 2.42. The van der Waals surface area contributed by atoms with Gasteiger partial charge in [0, 0.05) is 22.3 Å². The number of amides is 2. The van der Waals surface area contributed by atoms with Gasteiger partial charge in [0.15, 0.2) is 11.5 Å². The van der Waals surface area contributed by atoms with Crippen LogP contribution in [0.4, 0.5) is 0 Å². The lowest BCUT2D eigenvalue weighted by molar-refractivity contribution is -0.135. The van der Waals surface area contributed by atoms with Gasteiger partial charge in [-0.05, 0) is 54.3 Å². The summed E-state index contributed by atoms with van der Waals surface area (Å²) in [6.07, 6.45) is 6.21. The number of halogens is 1. The number of thioether (sulfide) groups is 1. The molecule has 0 radical (unpaired) electrons. The molecule has 2 aromatic rings. The Hall–Kier alpha value is -2.45. The molecule has 2 aromatic carbocycles. The zero-order chi connectivity index (χ0) is 22.8. The summed E-state index contributed by atoms with van der Waals surface area (Å²) in [6, 6.07) is 13.6. The minimum absolute atomic E-state index is 0.0543. The summed E-state index contributed by atoms with van der Waals surface area (Å²) in [7, 11) is 0. The van der Waals surface area contributed by atoms with Crippen LogP contribution in [-0.4, -0.2) is 41.3 Å². The average Bonchev–Trinajstić information content (AvgIpc) is 3.28. The van der Waals surface area contributed by atoms with Gasteiger partial charge in [-0.15, -0.1) is 11.8 Å². The number of fused-ring (bicyclic) bond motifs is 2. The van der Waals surface area contributed by atoms with Gasteiger partial charge in [0.1, 0.15) is 6.54 Å². The molecule has 1 aliphatic carbocycles. The molecule has 5 rings (SSSR count). The van der Waals surface area contributed by atoms with Crippen LogP contribution >= 0.6 is 27.7 Å². The van der Waals surface area contributed by atoms with Crippen LogP contribution < -0.4 is 14.8 Å². The second-order valence-corrected chi connectivity index (χ2v) is 10.7. The van der Waals surface area contributed by atoms with E-state index in [1.807, 2.05) is 48.5 Å². The summed E-state index contributed by atoms with van der Waals surface area (Å²) < 4.78 is 11.7. The van der Waals surface area contributed by atoms with Crippen molar-refractivity contribution in [3.63, 3.8) is 0 Å². The SMILES string of the molecule is O=C(CN1C(=O)/C(=C\c2cccc(Br)c2)SC2CCCCC21)NCc1ccc2c(c1)OCO2. The predicted molar refractivity (Wildman–Crippen MR) is 132 cm³/mol. The van der Waals surface area contributed by atoms with Crippen LogP contribution in [0.1, 0.15) is 36.8 Å². The summed E-state index contributed by atoms with van der Waals surface area (Å²) in [5.74, 6) is 1.20. The molecule has 0 spiro atoms. The van der Waals surface area contributed by atoms with Gasteiger partial charge < -0.3 is 19.7 Å². The molecule has 6 nitrogen and oxygen atoms in total. The van der Waals surface area contributed by atoms with E-state index in [4.69, 9.17) is 9.47 Å². The third-order valence-corrected chi connectivity index (χ3v) is 8.10. The van der Waals surface area contributed by atoms with E-state index in [9.17, 15) is 9.59 Å². The number of benzene rings is 2. The van der Waals surface area contributed by atoms with Crippen molar-refractivity contribution in [2.24, 2.45) is 0 Å². The normalized spacial score (nSPS) is 22.9. The van der Waals surface area contributed by atoms with Crippen LogP contribution in [0, 0.1) is 0 Å². The lowest BCUT2D eigenvalue weighted by Gasteiger charge is -2.43. The summed E-state index contributed by atoms with van der Waals surface area (Å²) in [4.78, 5) is 28.8. The molecule has 2 heterocycles. The maximum atomic E-state index is 13.4.